The molecule has 0 bridgehead atoms. The smallest absolute Gasteiger partial charge is 0.146 e. The second-order valence-corrected chi connectivity index (χ2v) is 2.80. The monoisotopic (exact) mass is 161 g/mol. The number of hydrogen-bond acceptors (Lipinski definition) is 2. The van der Waals surface area contributed by atoms with Crippen molar-refractivity contribution in [3.05, 3.63) is 0 Å². The van der Waals surface area contributed by atoms with Gasteiger partial charge in [0.2, 0.25) is 0 Å². The van der Waals surface area contributed by atoms with E-state index in [-0.39, 0.29) is 6.10 Å². The van der Waals surface area contributed by atoms with Crippen LogP contribution in [-0.2, 0) is 4.84 Å². The van der Waals surface area contributed by atoms with E-state index in [1.807, 2.05) is 0 Å². The van der Waals surface area contributed by atoms with Crippen LogP contribution in [0.3, 0.4) is 0 Å². The Bertz CT molecular complexity index is 136. The molecule has 3 heteroatoms. The zero-order valence-corrected chi connectivity index (χ0v) is 6.90. The van der Waals surface area contributed by atoms with Crippen molar-refractivity contribution in [3.63, 3.8) is 0 Å². The van der Waals surface area contributed by atoms with Gasteiger partial charge < -0.3 is 4.84 Å². The summed E-state index contributed by atoms with van der Waals surface area (Å²) in [5.41, 5.74) is 1.16. The third-order valence-corrected chi connectivity index (χ3v) is 1.85. The van der Waals surface area contributed by atoms with Crippen molar-refractivity contribution in [1.82, 2.24) is 0 Å². The van der Waals surface area contributed by atoms with Crippen molar-refractivity contribution >= 4 is 17.3 Å². The molecule has 1 atom stereocenters. The second kappa shape index (κ2) is 3.81. The van der Waals surface area contributed by atoms with Gasteiger partial charge in [0, 0.05) is 6.42 Å². The van der Waals surface area contributed by atoms with Crippen molar-refractivity contribution in [3.8, 4) is 0 Å². The molecule has 0 amide bonds. The minimum absolute atomic E-state index is 0.142. The quantitative estimate of drug-likeness (QED) is 0.582. The van der Waals surface area contributed by atoms with Crippen LogP contribution in [0.2, 0.25) is 0 Å². The van der Waals surface area contributed by atoms with Gasteiger partial charge in [-0.2, -0.15) is 0 Å². The summed E-state index contributed by atoms with van der Waals surface area (Å²) in [6.07, 6.45) is 3.25. The summed E-state index contributed by atoms with van der Waals surface area (Å²) >= 11 is 5.57. The zero-order valence-electron chi connectivity index (χ0n) is 6.14. The molecule has 1 rings (SSSR count). The average molecular weight is 162 g/mol. The fourth-order valence-corrected chi connectivity index (χ4v) is 1.17. The maximum atomic E-state index is 5.57. The van der Waals surface area contributed by atoms with Gasteiger partial charge in [-0.05, 0) is 6.42 Å². The molecule has 0 unspecified atom stereocenters. The number of oxime groups is 1. The number of halogens is 1. The molecular formula is C7H12ClNO. The number of rotatable bonds is 3. The maximum absolute atomic E-state index is 5.57. The molecule has 0 fully saturated rings. The molecule has 0 aromatic carbocycles. The van der Waals surface area contributed by atoms with Crippen LogP contribution in [0.5, 0.6) is 0 Å². The van der Waals surface area contributed by atoms with Crippen molar-refractivity contribution in [2.45, 2.75) is 32.3 Å². The maximum Gasteiger partial charge on any atom is 0.146 e. The summed E-state index contributed by atoms with van der Waals surface area (Å²) in [5, 5.41) is 3.91. The van der Waals surface area contributed by atoms with Gasteiger partial charge in [0.15, 0.2) is 0 Å². The summed E-state index contributed by atoms with van der Waals surface area (Å²) in [5.74, 6) is 0.552. The molecule has 0 aromatic heterocycles. The lowest BCUT2D eigenvalue weighted by atomic mass is 10.1. The Balaban J connectivity index is 2.25. The van der Waals surface area contributed by atoms with E-state index in [1.54, 1.807) is 0 Å². The van der Waals surface area contributed by atoms with Gasteiger partial charge in [-0.25, -0.2) is 0 Å². The molecule has 0 radical (unpaired) electrons. The predicted octanol–water partition coefficient (Wildman–Crippen LogP) is 2.17. The highest BCUT2D eigenvalue weighted by Gasteiger charge is 2.18. The molecule has 0 N–H and O–H groups in total. The van der Waals surface area contributed by atoms with Crippen molar-refractivity contribution in [2.75, 3.05) is 5.88 Å². The van der Waals surface area contributed by atoms with Crippen LogP contribution >= 0.6 is 11.6 Å². The van der Waals surface area contributed by atoms with E-state index in [9.17, 15) is 0 Å². The summed E-state index contributed by atoms with van der Waals surface area (Å²) in [6, 6.07) is 0. The molecule has 1 heterocycles. The molecule has 0 saturated carbocycles. The molecule has 0 saturated heterocycles. The number of alkyl halides is 1. The highest BCUT2D eigenvalue weighted by atomic mass is 35.5. The first-order valence-electron chi connectivity index (χ1n) is 3.64. The van der Waals surface area contributed by atoms with E-state index < -0.39 is 0 Å². The molecule has 0 spiro atoms. The lowest BCUT2D eigenvalue weighted by molar-refractivity contribution is 0.102. The molecule has 58 valence electrons. The topological polar surface area (TPSA) is 21.6 Å². The van der Waals surface area contributed by atoms with Crippen LogP contribution in [0.15, 0.2) is 5.16 Å². The molecule has 1 aliphatic heterocycles. The summed E-state index contributed by atoms with van der Waals surface area (Å²) in [6.45, 7) is 2.14. The number of hydrogen-bond donors (Lipinski definition) is 0. The highest BCUT2D eigenvalue weighted by molar-refractivity contribution is 6.18. The van der Waals surface area contributed by atoms with E-state index in [0.29, 0.717) is 5.88 Å². The van der Waals surface area contributed by atoms with Crippen LogP contribution in [0.4, 0.5) is 0 Å². The fourth-order valence-electron chi connectivity index (χ4n) is 1.01. The predicted molar refractivity (Wildman–Crippen MR) is 42.6 cm³/mol. The van der Waals surface area contributed by atoms with Crippen LogP contribution in [0, 0.1) is 0 Å². The van der Waals surface area contributed by atoms with Gasteiger partial charge >= 0.3 is 0 Å². The lowest BCUT2D eigenvalue weighted by Gasteiger charge is -1.99. The Kier molecular flexibility index (Phi) is 3.00. The average Bonchev–Trinajstić information content (AvgIpc) is 2.37. The molecule has 10 heavy (non-hydrogen) atoms. The van der Waals surface area contributed by atoms with E-state index in [0.717, 1.165) is 25.0 Å². The largest absolute Gasteiger partial charge is 0.391 e. The van der Waals surface area contributed by atoms with E-state index in [1.165, 1.54) is 0 Å². The van der Waals surface area contributed by atoms with Gasteiger partial charge in [0.25, 0.3) is 0 Å². The van der Waals surface area contributed by atoms with Crippen molar-refractivity contribution in [2.24, 2.45) is 5.16 Å². The van der Waals surface area contributed by atoms with Gasteiger partial charge in [-0.15, -0.1) is 11.6 Å². The Hall–Kier alpha value is -0.240. The Labute approximate surface area is 66.2 Å². The molecule has 0 aromatic rings. The first kappa shape index (κ1) is 7.86. The fraction of sp³-hybridized carbons (Fsp3) is 0.857. The summed E-state index contributed by atoms with van der Waals surface area (Å²) < 4.78 is 0. The van der Waals surface area contributed by atoms with Gasteiger partial charge in [0.1, 0.15) is 6.10 Å². The van der Waals surface area contributed by atoms with Gasteiger partial charge in [-0.3, -0.25) is 0 Å². The van der Waals surface area contributed by atoms with E-state index in [2.05, 4.69) is 12.1 Å². The lowest BCUT2D eigenvalue weighted by Crippen LogP contribution is -2.08. The third kappa shape index (κ3) is 1.87. The van der Waals surface area contributed by atoms with Crippen LogP contribution in [0.1, 0.15) is 26.2 Å². The normalized spacial score (nSPS) is 24.2. The standard InChI is InChI=1S/C7H12ClNO/c1-2-3-6-4-7(5-8)10-9-6/h7H,2-5H2,1H3/t7-/m1/s1. The first-order valence-corrected chi connectivity index (χ1v) is 4.17. The molecule has 0 aliphatic carbocycles. The minimum Gasteiger partial charge on any atom is -0.391 e. The van der Waals surface area contributed by atoms with Crippen LogP contribution in [0.25, 0.3) is 0 Å². The molecule has 1 aliphatic rings. The minimum atomic E-state index is 0.142. The van der Waals surface area contributed by atoms with Gasteiger partial charge in [0.05, 0.1) is 11.6 Å². The Morgan fingerprint density at radius 1 is 1.80 bits per heavy atom. The van der Waals surface area contributed by atoms with E-state index in [4.69, 9.17) is 16.4 Å². The zero-order chi connectivity index (χ0) is 7.40. The molecular weight excluding hydrogens is 150 g/mol. The SMILES string of the molecule is CCCC1=NO[C@@H](CCl)C1. The van der Waals surface area contributed by atoms with Crippen molar-refractivity contribution in [1.29, 1.82) is 0 Å². The first-order chi connectivity index (χ1) is 4.86. The van der Waals surface area contributed by atoms with Crippen LogP contribution < -0.4 is 0 Å². The third-order valence-electron chi connectivity index (χ3n) is 1.50. The van der Waals surface area contributed by atoms with Crippen LogP contribution in [-0.4, -0.2) is 17.7 Å². The number of nitrogens with zero attached hydrogens (tertiary/aromatic N) is 1. The van der Waals surface area contributed by atoms with Gasteiger partial charge in [-0.1, -0.05) is 18.5 Å². The highest BCUT2D eigenvalue weighted by Crippen LogP contribution is 2.14. The molecule has 2 nitrogen and oxygen atoms in total. The van der Waals surface area contributed by atoms with Crippen molar-refractivity contribution < 1.29 is 4.84 Å². The second-order valence-electron chi connectivity index (χ2n) is 2.49. The summed E-state index contributed by atoms with van der Waals surface area (Å²) in [4.78, 5) is 5.02. The Morgan fingerprint density at radius 2 is 2.60 bits per heavy atom. The summed E-state index contributed by atoms with van der Waals surface area (Å²) in [7, 11) is 0. The Morgan fingerprint density at radius 3 is 3.10 bits per heavy atom. The van der Waals surface area contributed by atoms with E-state index >= 15 is 0 Å².